The molecule has 1 aromatic carbocycles. The third kappa shape index (κ3) is 2.57. The van der Waals surface area contributed by atoms with Crippen molar-refractivity contribution in [1.29, 1.82) is 0 Å². The van der Waals surface area contributed by atoms with Gasteiger partial charge in [-0.3, -0.25) is 4.79 Å². The van der Waals surface area contributed by atoms with Crippen LogP contribution in [0, 0.1) is 17.7 Å². The van der Waals surface area contributed by atoms with E-state index in [1.54, 1.807) is 18.2 Å². The lowest BCUT2D eigenvalue weighted by Crippen LogP contribution is -2.57. The largest absolute Gasteiger partial charge is 0.369 e. The average Bonchev–Trinajstić information content (AvgIpc) is 2.35. The van der Waals surface area contributed by atoms with Crippen LogP contribution in [-0.4, -0.2) is 11.4 Å². The first-order chi connectivity index (χ1) is 8.95. The molecule has 0 bridgehead atoms. The van der Waals surface area contributed by atoms with E-state index >= 15 is 0 Å². The number of nitrogens with one attached hydrogen (secondary N) is 1. The zero-order valence-electron chi connectivity index (χ0n) is 11.4. The Morgan fingerprint density at radius 2 is 2.11 bits per heavy atom. The number of nitrogens with two attached hydrogens (primary N) is 1. The number of hydrogen-bond acceptors (Lipinski definition) is 2. The highest BCUT2D eigenvalue weighted by molar-refractivity contribution is 5.88. The summed E-state index contributed by atoms with van der Waals surface area (Å²) < 4.78 is 13.8. The Morgan fingerprint density at radius 3 is 2.68 bits per heavy atom. The Bertz CT molecular complexity index is 477. The highest BCUT2D eigenvalue weighted by Gasteiger charge is 2.45. The van der Waals surface area contributed by atoms with Gasteiger partial charge in [0.25, 0.3) is 0 Å². The Hall–Kier alpha value is -1.58. The molecule has 1 aliphatic rings. The molecule has 4 heteroatoms. The van der Waals surface area contributed by atoms with E-state index in [2.05, 4.69) is 12.2 Å². The van der Waals surface area contributed by atoms with Crippen molar-refractivity contribution < 1.29 is 9.18 Å². The van der Waals surface area contributed by atoms with E-state index in [0.717, 1.165) is 12.8 Å². The molecule has 0 radical (unpaired) electrons. The minimum Gasteiger partial charge on any atom is -0.369 e. The van der Waals surface area contributed by atoms with Crippen molar-refractivity contribution in [1.82, 2.24) is 0 Å². The lowest BCUT2D eigenvalue weighted by Gasteiger charge is -2.43. The molecule has 104 valence electrons. The number of rotatable bonds is 3. The maximum Gasteiger partial charge on any atom is 0.243 e. The first-order valence-electron chi connectivity index (χ1n) is 6.78. The molecule has 1 aromatic rings. The maximum atomic E-state index is 13.8. The average molecular weight is 264 g/mol. The molecule has 3 N–H and O–H groups in total. The van der Waals surface area contributed by atoms with Crippen LogP contribution in [0.2, 0.25) is 0 Å². The molecule has 2 rings (SSSR count). The number of amides is 1. The highest BCUT2D eigenvalue weighted by atomic mass is 19.1. The van der Waals surface area contributed by atoms with Crippen LogP contribution in [-0.2, 0) is 4.79 Å². The smallest absolute Gasteiger partial charge is 0.243 e. The van der Waals surface area contributed by atoms with Crippen LogP contribution in [0.15, 0.2) is 24.3 Å². The predicted molar refractivity (Wildman–Crippen MR) is 74.1 cm³/mol. The fourth-order valence-corrected chi connectivity index (χ4v) is 3.06. The molecule has 19 heavy (non-hydrogen) atoms. The van der Waals surface area contributed by atoms with Crippen molar-refractivity contribution in [2.75, 3.05) is 5.32 Å². The molecular weight excluding hydrogens is 243 g/mol. The van der Waals surface area contributed by atoms with Crippen molar-refractivity contribution in [3.05, 3.63) is 30.1 Å². The van der Waals surface area contributed by atoms with Crippen molar-refractivity contribution in [3.63, 3.8) is 0 Å². The number of primary amides is 1. The summed E-state index contributed by atoms with van der Waals surface area (Å²) in [6.07, 6.45) is 2.50. The lowest BCUT2D eigenvalue weighted by atomic mass is 9.69. The number of anilines is 1. The van der Waals surface area contributed by atoms with Gasteiger partial charge in [0.2, 0.25) is 5.91 Å². The van der Waals surface area contributed by atoms with Crippen LogP contribution in [0.4, 0.5) is 10.1 Å². The zero-order chi connectivity index (χ0) is 14.0. The van der Waals surface area contributed by atoms with Crippen LogP contribution in [0.3, 0.4) is 0 Å². The van der Waals surface area contributed by atoms with Gasteiger partial charge >= 0.3 is 0 Å². The van der Waals surface area contributed by atoms with Crippen LogP contribution in [0.5, 0.6) is 0 Å². The van der Waals surface area contributed by atoms with E-state index in [9.17, 15) is 9.18 Å². The number of benzene rings is 1. The van der Waals surface area contributed by atoms with Gasteiger partial charge in [0.1, 0.15) is 11.4 Å². The summed E-state index contributed by atoms with van der Waals surface area (Å²) >= 11 is 0. The molecule has 1 fully saturated rings. The monoisotopic (exact) mass is 264 g/mol. The molecule has 3 atom stereocenters. The Kier molecular flexibility index (Phi) is 3.78. The standard InChI is InChI=1S/C15H21FN2O/c1-10-7-8-15(14(17)19,11(2)9-10)18-13-6-4-3-5-12(13)16/h3-6,10-11,18H,7-9H2,1-2H3,(H2,17,19). The molecule has 0 spiro atoms. The topological polar surface area (TPSA) is 55.1 Å². The van der Waals surface area contributed by atoms with Crippen LogP contribution in [0.25, 0.3) is 0 Å². The summed E-state index contributed by atoms with van der Waals surface area (Å²) in [5.41, 5.74) is 5.12. The summed E-state index contributed by atoms with van der Waals surface area (Å²) in [6.45, 7) is 4.18. The van der Waals surface area contributed by atoms with Gasteiger partial charge in [-0.05, 0) is 43.2 Å². The van der Waals surface area contributed by atoms with Crippen LogP contribution in [0.1, 0.15) is 33.1 Å². The van der Waals surface area contributed by atoms with Crippen LogP contribution < -0.4 is 11.1 Å². The van der Waals surface area contributed by atoms with Gasteiger partial charge in [0.15, 0.2) is 0 Å². The third-order valence-corrected chi connectivity index (χ3v) is 4.30. The normalized spacial score (nSPS) is 30.9. The number of carbonyl (C=O) groups excluding carboxylic acids is 1. The van der Waals surface area contributed by atoms with Gasteiger partial charge in [0.05, 0.1) is 5.69 Å². The summed E-state index contributed by atoms with van der Waals surface area (Å²) in [6, 6.07) is 6.40. The zero-order valence-corrected chi connectivity index (χ0v) is 11.4. The molecule has 0 heterocycles. The van der Waals surface area contributed by atoms with Gasteiger partial charge in [-0.15, -0.1) is 0 Å². The van der Waals surface area contributed by atoms with Crippen molar-refractivity contribution in [3.8, 4) is 0 Å². The second kappa shape index (κ2) is 5.19. The number of hydrogen-bond donors (Lipinski definition) is 2. The predicted octanol–water partition coefficient (Wildman–Crippen LogP) is 2.92. The Morgan fingerprint density at radius 1 is 1.42 bits per heavy atom. The van der Waals surface area contributed by atoms with Crippen LogP contribution >= 0.6 is 0 Å². The molecule has 1 amide bonds. The van der Waals surface area contributed by atoms with Gasteiger partial charge < -0.3 is 11.1 Å². The second-order valence-electron chi connectivity index (χ2n) is 5.72. The summed E-state index contributed by atoms with van der Waals surface area (Å²) in [5.74, 6) is -0.0812. The molecular formula is C15H21FN2O. The Labute approximate surface area is 113 Å². The minimum absolute atomic E-state index is 0.0911. The van der Waals surface area contributed by atoms with E-state index in [1.165, 1.54) is 6.07 Å². The first kappa shape index (κ1) is 13.8. The SMILES string of the molecule is CC1CCC(Nc2ccccc2F)(C(N)=O)C(C)C1. The fourth-order valence-electron chi connectivity index (χ4n) is 3.06. The highest BCUT2D eigenvalue weighted by Crippen LogP contribution is 2.39. The minimum atomic E-state index is -0.839. The number of para-hydroxylation sites is 1. The molecule has 0 aliphatic heterocycles. The summed E-state index contributed by atoms with van der Waals surface area (Å²) in [7, 11) is 0. The third-order valence-electron chi connectivity index (χ3n) is 4.30. The van der Waals surface area contributed by atoms with E-state index in [4.69, 9.17) is 5.73 Å². The van der Waals surface area contributed by atoms with Crippen molar-refractivity contribution >= 4 is 11.6 Å². The van der Waals surface area contributed by atoms with E-state index in [-0.39, 0.29) is 11.7 Å². The number of halogens is 1. The van der Waals surface area contributed by atoms with Crippen molar-refractivity contribution in [2.45, 2.75) is 38.6 Å². The summed E-state index contributed by atoms with van der Waals surface area (Å²) in [4.78, 5) is 11.9. The molecule has 1 saturated carbocycles. The first-order valence-corrected chi connectivity index (χ1v) is 6.78. The summed E-state index contributed by atoms with van der Waals surface area (Å²) in [5, 5.41) is 3.08. The molecule has 3 nitrogen and oxygen atoms in total. The molecule has 3 unspecified atom stereocenters. The second-order valence-corrected chi connectivity index (χ2v) is 5.72. The van der Waals surface area contributed by atoms with Gasteiger partial charge in [0, 0.05) is 0 Å². The molecule has 1 aliphatic carbocycles. The molecule has 0 aromatic heterocycles. The van der Waals surface area contributed by atoms with Crippen molar-refractivity contribution in [2.24, 2.45) is 17.6 Å². The van der Waals surface area contributed by atoms with E-state index in [0.29, 0.717) is 18.0 Å². The maximum absolute atomic E-state index is 13.8. The quantitative estimate of drug-likeness (QED) is 0.882. The Balaban J connectivity index is 2.31. The lowest BCUT2D eigenvalue weighted by molar-refractivity contribution is -0.125. The van der Waals surface area contributed by atoms with Gasteiger partial charge in [-0.1, -0.05) is 26.0 Å². The van der Waals surface area contributed by atoms with E-state index < -0.39 is 11.4 Å². The number of carbonyl (C=O) groups is 1. The van der Waals surface area contributed by atoms with Gasteiger partial charge in [-0.25, -0.2) is 4.39 Å². The fraction of sp³-hybridized carbons (Fsp3) is 0.533. The molecule has 0 saturated heterocycles. The van der Waals surface area contributed by atoms with Gasteiger partial charge in [-0.2, -0.15) is 0 Å². The van der Waals surface area contributed by atoms with E-state index in [1.807, 2.05) is 6.92 Å².